The van der Waals surface area contributed by atoms with E-state index in [9.17, 15) is 4.39 Å². The Morgan fingerprint density at radius 3 is 2.72 bits per heavy atom. The summed E-state index contributed by atoms with van der Waals surface area (Å²) < 4.78 is 18.7. The summed E-state index contributed by atoms with van der Waals surface area (Å²) in [5.74, 6) is 0.560. The third-order valence-corrected chi connectivity index (χ3v) is 5.46. The molecule has 2 N–H and O–H groups in total. The minimum absolute atomic E-state index is 0.254. The zero-order chi connectivity index (χ0) is 20.1. The molecule has 0 atom stereocenters. The van der Waals surface area contributed by atoms with Gasteiger partial charge in [-0.25, -0.2) is 14.4 Å². The molecule has 1 saturated heterocycles. The average molecular weight is 414 g/mol. The van der Waals surface area contributed by atoms with E-state index in [0.717, 1.165) is 72.9 Å². The number of imidazole rings is 1. The number of pyridine rings is 1. The van der Waals surface area contributed by atoms with Crippen LogP contribution in [0, 0.1) is 5.82 Å². The summed E-state index contributed by atoms with van der Waals surface area (Å²) in [7, 11) is 0. The van der Waals surface area contributed by atoms with E-state index in [1.807, 2.05) is 18.4 Å². The van der Waals surface area contributed by atoms with Crippen molar-refractivity contribution in [3.8, 4) is 22.5 Å². The molecule has 0 radical (unpaired) electrons. The van der Waals surface area contributed by atoms with Gasteiger partial charge in [-0.15, -0.1) is 0 Å². The lowest BCUT2D eigenvalue weighted by Crippen LogP contribution is -2.39. The third kappa shape index (κ3) is 4.95. The number of hydrogen-bond donors (Lipinski definition) is 2. The zero-order valence-electron chi connectivity index (χ0n) is 16.3. The van der Waals surface area contributed by atoms with Crippen LogP contribution >= 0.6 is 11.8 Å². The van der Waals surface area contributed by atoms with Crippen LogP contribution in [-0.2, 0) is 4.74 Å². The van der Waals surface area contributed by atoms with Crippen molar-refractivity contribution in [3.05, 3.63) is 48.4 Å². The van der Waals surface area contributed by atoms with Crippen LogP contribution in [0.4, 0.5) is 10.2 Å². The molecule has 0 aliphatic carbocycles. The Morgan fingerprint density at radius 1 is 1.17 bits per heavy atom. The van der Waals surface area contributed by atoms with E-state index in [4.69, 9.17) is 9.72 Å². The molecule has 6 nitrogen and oxygen atoms in total. The number of ether oxygens (including phenoxy) is 1. The minimum Gasteiger partial charge on any atom is -0.379 e. The van der Waals surface area contributed by atoms with Crippen LogP contribution in [0.3, 0.4) is 0 Å². The smallest absolute Gasteiger partial charge is 0.166 e. The molecule has 0 saturated carbocycles. The lowest BCUT2D eigenvalue weighted by atomic mass is 10.1. The number of halogens is 1. The topological polar surface area (TPSA) is 66.1 Å². The molecule has 1 fully saturated rings. The van der Waals surface area contributed by atoms with Gasteiger partial charge < -0.3 is 15.0 Å². The predicted octanol–water partition coefficient (Wildman–Crippen LogP) is 3.74. The van der Waals surface area contributed by atoms with Crippen molar-refractivity contribution in [1.82, 2.24) is 19.9 Å². The second kappa shape index (κ2) is 9.39. The molecule has 1 aliphatic rings. The highest BCUT2D eigenvalue weighted by atomic mass is 32.2. The molecule has 3 aromatic rings. The van der Waals surface area contributed by atoms with E-state index < -0.39 is 0 Å². The summed E-state index contributed by atoms with van der Waals surface area (Å²) in [6.45, 7) is 5.32. The number of benzene rings is 1. The Labute approximate surface area is 173 Å². The fourth-order valence-corrected chi connectivity index (χ4v) is 3.71. The van der Waals surface area contributed by atoms with Gasteiger partial charge in [0.15, 0.2) is 5.16 Å². The minimum atomic E-state index is -0.254. The summed E-state index contributed by atoms with van der Waals surface area (Å²) in [6.07, 6.45) is 3.76. The molecule has 0 spiro atoms. The maximum Gasteiger partial charge on any atom is 0.166 e. The highest BCUT2D eigenvalue weighted by Crippen LogP contribution is 2.32. The van der Waals surface area contributed by atoms with Gasteiger partial charge in [0.25, 0.3) is 0 Å². The van der Waals surface area contributed by atoms with Gasteiger partial charge in [0.05, 0.1) is 24.6 Å². The first-order valence-corrected chi connectivity index (χ1v) is 10.9. The number of rotatable bonds is 7. The van der Waals surface area contributed by atoms with Gasteiger partial charge in [0.2, 0.25) is 0 Å². The van der Waals surface area contributed by atoms with Gasteiger partial charge in [-0.05, 0) is 42.7 Å². The first-order chi connectivity index (χ1) is 14.2. The molecular weight excluding hydrogens is 389 g/mol. The van der Waals surface area contributed by atoms with Crippen LogP contribution in [0.1, 0.15) is 0 Å². The fourth-order valence-electron chi connectivity index (χ4n) is 3.32. The molecular formula is C21H24FN5OS. The number of thioether (sulfide) groups is 1. The first kappa shape index (κ1) is 19.9. The number of hydrogen-bond acceptors (Lipinski definition) is 6. The molecule has 152 valence electrons. The third-order valence-electron chi connectivity index (χ3n) is 4.88. The molecule has 29 heavy (non-hydrogen) atoms. The van der Waals surface area contributed by atoms with E-state index in [-0.39, 0.29) is 5.82 Å². The molecule has 8 heteroatoms. The van der Waals surface area contributed by atoms with Crippen molar-refractivity contribution in [2.24, 2.45) is 0 Å². The van der Waals surface area contributed by atoms with Crippen molar-refractivity contribution in [2.75, 3.05) is 51.0 Å². The summed E-state index contributed by atoms with van der Waals surface area (Å²) in [5, 5.41) is 4.22. The number of aromatic amines is 1. The van der Waals surface area contributed by atoms with E-state index in [1.54, 1.807) is 30.1 Å². The number of morpholine rings is 1. The van der Waals surface area contributed by atoms with Crippen molar-refractivity contribution in [1.29, 1.82) is 0 Å². The number of nitrogens with one attached hydrogen (secondary N) is 2. The summed E-state index contributed by atoms with van der Waals surface area (Å²) in [4.78, 5) is 14.9. The van der Waals surface area contributed by atoms with Crippen molar-refractivity contribution in [2.45, 2.75) is 5.16 Å². The number of anilines is 1. The van der Waals surface area contributed by atoms with E-state index >= 15 is 0 Å². The largest absolute Gasteiger partial charge is 0.379 e. The Morgan fingerprint density at radius 2 is 1.97 bits per heavy atom. The predicted molar refractivity (Wildman–Crippen MR) is 115 cm³/mol. The molecule has 1 aliphatic heterocycles. The molecule has 2 aromatic heterocycles. The van der Waals surface area contributed by atoms with E-state index in [1.165, 1.54) is 12.1 Å². The Kier molecular flexibility index (Phi) is 6.43. The van der Waals surface area contributed by atoms with Crippen molar-refractivity contribution < 1.29 is 9.13 Å². The van der Waals surface area contributed by atoms with E-state index in [2.05, 4.69) is 20.2 Å². The highest BCUT2D eigenvalue weighted by molar-refractivity contribution is 7.98. The van der Waals surface area contributed by atoms with Gasteiger partial charge in [-0.1, -0.05) is 11.8 Å². The lowest BCUT2D eigenvalue weighted by molar-refractivity contribution is 0.0398. The van der Waals surface area contributed by atoms with Crippen LogP contribution in [0.5, 0.6) is 0 Å². The molecule has 0 amide bonds. The van der Waals surface area contributed by atoms with Crippen molar-refractivity contribution in [3.63, 3.8) is 0 Å². The summed E-state index contributed by atoms with van der Waals surface area (Å²) in [5.41, 5.74) is 3.57. The molecule has 1 aromatic carbocycles. The van der Waals surface area contributed by atoms with Gasteiger partial charge in [0.1, 0.15) is 11.6 Å². The monoisotopic (exact) mass is 413 g/mol. The summed E-state index contributed by atoms with van der Waals surface area (Å²) in [6, 6.07) is 10.4. The van der Waals surface area contributed by atoms with Crippen LogP contribution in [-0.4, -0.2) is 65.5 Å². The SMILES string of the molecule is CSc1nc(-c2ccnc(NCCN3CCOCC3)c2)c(-c2ccc(F)cc2)[nH]1. The zero-order valence-corrected chi connectivity index (χ0v) is 17.1. The number of nitrogens with zero attached hydrogens (tertiary/aromatic N) is 3. The second-order valence-corrected chi connectivity index (χ2v) is 7.58. The average Bonchev–Trinajstić information content (AvgIpc) is 3.20. The van der Waals surface area contributed by atoms with Crippen LogP contribution < -0.4 is 5.32 Å². The van der Waals surface area contributed by atoms with Gasteiger partial charge in [-0.3, -0.25) is 4.90 Å². The van der Waals surface area contributed by atoms with Crippen LogP contribution in [0.2, 0.25) is 0 Å². The first-order valence-electron chi connectivity index (χ1n) is 9.63. The fraction of sp³-hybridized carbons (Fsp3) is 0.333. The maximum absolute atomic E-state index is 13.3. The van der Waals surface area contributed by atoms with Crippen LogP contribution in [0.15, 0.2) is 47.8 Å². The molecule has 0 bridgehead atoms. The lowest BCUT2D eigenvalue weighted by Gasteiger charge is -2.26. The summed E-state index contributed by atoms with van der Waals surface area (Å²) >= 11 is 1.54. The molecule has 3 heterocycles. The highest BCUT2D eigenvalue weighted by Gasteiger charge is 2.15. The number of H-pyrrole nitrogens is 1. The second-order valence-electron chi connectivity index (χ2n) is 6.79. The number of aromatic nitrogens is 3. The van der Waals surface area contributed by atoms with Crippen molar-refractivity contribution >= 4 is 17.6 Å². The van der Waals surface area contributed by atoms with Crippen LogP contribution in [0.25, 0.3) is 22.5 Å². The van der Waals surface area contributed by atoms with Gasteiger partial charge in [0, 0.05) is 43.5 Å². The molecule has 0 unspecified atom stereocenters. The van der Waals surface area contributed by atoms with Gasteiger partial charge in [-0.2, -0.15) is 0 Å². The molecule has 4 rings (SSSR count). The Balaban J connectivity index is 1.53. The quantitative estimate of drug-likeness (QED) is 0.575. The standard InChI is InChI=1S/C21H24FN5OS/c1-29-21-25-19(15-2-4-17(22)5-3-15)20(26-21)16-6-7-23-18(14-16)24-8-9-27-10-12-28-13-11-27/h2-7,14H,8-13H2,1H3,(H,23,24)(H,25,26). The Hall–Kier alpha value is -2.42. The van der Waals surface area contributed by atoms with Gasteiger partial charge >= 0.3 is 0 Å². The van der Waals surface area contributed by atoms with E-state index in [0.29, 0.717) is 0 Å². The maximum atomic E-state index is 13.3. The normalized spacial score (nSPS) is 14.8. The Bertz CT molecular complexity index is 940.